The summed E-state index contributed by atoms with van der Waals surface area (Å²) in [5.74, 6) is -0.249. The Hall–Kier alpha value is -2.30. The highest BCUT2D eigenvalue weighted by Crippen LogP contribution is 2.29. The van der Waals surface area contributed by atoms with Crippen LogP contribution in [0.5, 0.6) is 0 Å². The number of carbonyl (C=O) groups excluding carboxylic acids is 2. The summed E-state index contributed by atoms with van der Waals surface area (Å²) >= 11 is 1.26. The lowest BCUT2D eigenvalue weighted by Gasteiger charge is -2.36. The summed E-state index contributed by atoms with van der Waals surface area (Å²) in [4.78, 5) is 26.9. The number of alkyl halides is 3. The molecule has 3 amide bonds. The molecule has 2 aliphatic heterocycles. The first kappa shape index (κ1) is 26.0. The summed E-state index contributed by atoms with van der Waals surface area (Å²) in [5, 5.41) is 8.29. The van der Waals surface area contributed by atoms with E-state index in [0.717, 1.165) is 25.1 Å². The number of halogens is 3. The number of nitrogens with zero attached hydrogens (tertiary/aromatic N) is 1. The highest BCUT2D eigenvalue weighted by atomic mass is 32.2. The van der Waals surface area contributed by atoms with Crippen molar-refractivity contribution in [2.45, 2.75) is 31.0 Å². The predicted molar refractivity (Wildman–Crippen MR) is 122 cm³/mol. The van der Waals surface area contributed by atoms with Crippen molar-refractivity contribution in [2.75, 3.05) is 32.7 Å². The molecule has 0 radical (unpaired) electrons. The fourth-order valence-electron chi connectivity index (χ4n) is 3.48. The second-order valence-electron chi connectivity index (χ2n) is 7.59. The third kappa shape index (κ3) is 7.39. The summed E-state index contributed by atoms with van der Waals surface area (Å²) in [6, 6.07) is -0.432. The Morgan fingerprint density at radius 1 is 1.19 bits per heavy atom. The van der Waals surface area contributed by atoms with E-state index in [9.17, 15) is 22.8 Å². The van der Waals surface area contributed by atoms with Crippen LogP contribution in [0.25, 0.3) is 0 Å². The Bertz CT molecular complexity index is 812. The molecule has 0 unspecified atom stereocenters. The van der Waals surface area contributed by atoms with Gasteiger partial charge in [-0.05, 0) is 38.4 Å². The van der Waals surface area contributed by atoms with Crippen LogP contribution in [0.4, 0.5) is 18.0 Å². The van der Waals surface area contributed by atoms with E-state index in [-0.39, 0.29) is 5.91 Å². The number of hydrogen-bond donors (Lipinski definition) is 3. The molecule has 2 heterocycles. The van der Waals surface area contributed by atoms with Gasteiger partial charge >= 0.3 is 12.2 Å². The van der Waals surface area contributed by atoms with Crippen molar-refractivity contribution >= 4 is 23.7 Å². The number of urea groups is 1. The Balaban J connectivity index is 1.79. The van der Waals surface area contributed by atoms with Crippen molar-refractivity contribution in [3.63, 3.8) is 0 Å². The van der Waals surface area contributed by atoms with E-state index in [1.165, 1.54) is 17.8 Å². The Morgan fingerprint density at radius 3 is 2.41 bits per heavy atom. The van der Waals surface area contributed by atoms with Crippen molar-refractivity contribution < 1.29 is 22.8 Å². The molecule has 2 rings (SSSR count). The first-order chi connectivity index (χ1) is 15.1. The zero-order valence-electron chi connectivity index (χ0n) is 17.9. The average Bonchev–Trinajstić information content (AvgIpc) is 3.00. The van der Waals surface area contributed by atoms with Gasteiger partial charge in [0.1, 0.15) is 5.54 Å². The Labute approximate surface area is 190 Å². The first-order valence-electron chi connectivity index (χ1n) is 10.3. The number of piperidine rings is 1. The fourth-order valence-corrected chi connectivity index (χ4v) is 4.21. The Morgan fingerprint density at radius 2 is 1.88 bits per heavy atom. The van der Waals surface area contributed by atoms with E-state index in [2.05, 4.69) is 40.6 Å². The minimum absolute atomic E-state index is 0.249. The van der Waals surface area contributed by atoms with Crippen LogP contribution >= 0.6 is 11.8 Å². The molecule has 3 N–H and O–H groups in total. The van der Waals surface area contributed by atoms with Gasteiger partial charge in [0.15, 0.2) is 0 Å². The van der Waals surface area contributed by atoms with E-state index >= 15 is 0 Å². The first-order valence-corrected chi connectivity index (χ1v) is 11.1. The topological polar surface area (TPSA) is 73.5 Å². The summed E-state index contributed by atoms with van der Waals surface area (Å²) in [6.45, 7) is 14.0. The van der Waals surface area contributed by atoms with E-state index in [1.54, 1.807) is 6.08 Å². The zero-order valence-corrected chi connectivity index (χ0v) is 18.7. The standard InChI is InChI=1S/C22H29F3N4O2S/c1-4-16(3)32-18(8-7-17(5-2)22(23,24)25)15-26-11-6-12-29-13-9-21(10-14-29)19(30)27-20(31)28-21/h4-5,7-8,26H,1-3,6,9-15H2,(H2,27,28,30,31)/b17-7+,18-8+. The van der Waals surface area contributed by atoms with Crippen molar-refractivity contribution in [3.8, 4) is 0 Å². The maximum Gasteiger partial charge on any atom is 0.416 e. The third-order valence-electron chi connectivity index (χ3n) is 5.34. The molecule has 0 aromatic carbocycles. The molecule has 2 saturated heterocycles. The number of thioether (sulfide) groups is 1. The predicted octanol–water partition coefficient (Wildman–Crippen LogP) is 3.63. The van der Waals surface area contributed by atoms with E-state index < -0.39 is 23.3 Å². The smallest absolute Gasteiger partial charge is 0.323 e. The number of hydrogen-bond acceptors (Lipinski definition) is 5. The molecule has 10 heteroatoms. The van der Waals surface area contributed by atoms with Crippen LogP contribution in [0, 0.1) is 0 Å². The minimum atomic E-state index is -4.45. The van der Waals surface area contributed by atoms with Crippen LogP contribution in [-0.4, -0.2) is 61.3 Å². The SMILES string of the molecule is C=CC(=C)S/C(=C/C=C(\C=C)C(F)(F)F)CNCCCN1CCC2(CC1)NC(=O)NC2=O. The van der Waals surface area contributed by atoms with Gasteiger partial charge in [-0.3, -0.25) is 10.1 Å². The van der Waals surface area contributed by atoms with Gasteiger partial charge in [-0.1, -0.05) is 49.7 Å². The summed E-state index contributed by atoms with van der Waals surface area (Å²) in [6.07, 6.45) is 2.30. The van der Waals surface area contributed by atoms with Gasteiger partial charge in [-0.25, -0.2) is 4.79 Å². The molecule has 2 aliphatic rings. The van der Waals surface area contributed by atoms with Crippen LogP contribution in [0.3, 0.4) is 0 Å². The normalized spacial score (nSPS) is 19.6. The molecule has 0 aliphatic carbocycles. The number of rotatable bonds is 11. The van der Waals surface area contributed by atoms with E-state index in [1.807, 2.05) is 0 Å². The highest BCUT2D eigenvalue weighted by Gasteiger charge is 2.47. The van der Waals surface area contributed by atoms with Gasteiger partial charge in [0.05, 0.1) is 5.57 Å². The molecule has 1 spiro atoms. The molecule has 0 aromatic heterocycles. The van der Waals surface area contributed by atoms with Crippen LogP contribution in [0.2, 0.25) is 0 Å². The number of likely N-dealkylation sites (tertiary alicyclic amines) is 1. The molecule has 2 fully saturated rings. The number of carbonyl (C=O) groups is 2. The van der Waals surface area contributed by atoms with E-state index in [4.69, 9.17) is 0 Å². The summed E-state index contributed by atoms with van der Waals surface area (Å²) in [5.41, 5.74) is -1.58. The molecule has 0 saturated carbocycles. The lowest BCUT2D eigenvalue weighted by molar-refractivity contribution is -0.125. The molecule has 0 atom stereocenters. The number of amides is 3. The van der Waals surface area contributed by atoms with Crippen molar-refractivity contribution in [1.82, 2.24) is 20.9 Å². The van der Waals surface area contributed by atoms with Gasteiger partial charge in [0.25, 0.3) is 5.91 Å². The molecular weight excluding hydrogens is 441 g/mol. The number of imide groups is 1. The van der Waals surface area contributed by atoms with Crippen molar-refractivity contribution in [1.29, 1.82) is 0 Å². The number of allylic oxidation sites excluding steroid dienone is 5. The van der Waals surface area contributed by atoms with Gasteiger partial charge in [-0.15, -0.1) is 0 Å². The van der Waals surface area contributed by atoms with Crippen molar-refractivity contribution in [3.05, 3.63) is 59.4 Å². The maximum absolute atomic E-state index is 12.9. The van der Waals surface area contributed by atoms with Gasteiger partial charge in [0.2, 0.25) is 0 Å². The highest BCUT2D eigenvalue weighted by molar-refractivity contribution is 8.06. The minimum Gasteiger partial charge on any atom is -0.323 e. The molecule has 0 bridgehead atoms. The van der Waals surface area contributed by atoms with Gasteiger partial charge < -0.3 is 15.5 Å². The van der Waals surface area contributed by atoms with Crippen LogP contribution in [0.15, 0.2) is 59.4 Å². The van der Waals surface area contributed by atoms with E-state index in [0.29, 0.717) is 48.8 Å². The van der Waals surface area contributed by atoms with Gasteiger partial charge in [-0.2, -0.15) is 13.2 Å². The number of nitrogens with one attached hydrogen (secondary N) is 3. The van der Waals surface area contributed by atoms with Crippen LogP contribution < -0.4 is 16.0 Å². The Kier molecular flexibility index (Phi) is 9.35. The third-order valence-corrected chi connectivity index (χ3v) is 6.31. The van der Waals surface area contributed by atoms with Crippen LogP contribution in [0.1, 0.15) is 19.3 Å². The zero-order chi connectivity index (χ0) is 23.8. The molecule has 176 valence electrons. The summed E-state index contributed by atoms with van der Waals surface area (Å²) < 4.78 is 38.7. The molecular formula is C22H29F3N4O2S. The quantitative estimate of drug-likeness (QED) is 0.244. The summed E-state index contributed by atoms with van der Waals surface area (Å²) in [7, 11) is 0. The lowest BCUT2D eigenvalue weighted by atomic mass is 9.88. The maximum atomic E-state index is 12.9. The van der Waals surface area contributed by atoms with Gasteiger partial charge in [0, 0.05) is 29.4 Å². The lowest BCUT2D eigenvalue weighted by Crippen LogP contribution is -2.54. The molecule has 0 aromatic rings. The second kappa shape index (κ2) is 11.5. The second-order valence-corrected chi connectivity index (χ2v) is 8.84. The largest absolute Gasteiger partial charge is 0.416 e. The molecule has 32 heavy (non-hydrogen) atoms. The van der Waals surface area contributed by atoms with Crippen LogP contribution in [-0.2, 0) is 4.79 Å². The monoisotopic (exact) mass is 470 g/mol. The average molecular weight is 471 g/mol. The molecule has 6 nitrogen and oxygen atoms in total. The van der Waals surface area contributed by atoms with Crippen molar-refractivity contribution in [2.24, 2.45) is 0 Å². The fraction of sp³-hybridized carbons (Fsp3) is 0.455.